The van der Waals surface area contributed by atoms with E-state index in [0.29, 0.717) is 12.0 Å². The highest BCUT2D eigenvalue weighted by Crippen LogP contribution is 2.22. The SMILES string of the molecule is O=C(Cc1ccc(-c2ccsc2)cc1)c1cccnc1. The van der Waals surface area contributed by atoms with Crippen molar-refractivity contribution in [3.8, 4) is 11.1 Å². The second-order valence-electron chi connectivity index (χ2n) is 4.55. The van der Waals surface area contributed by atoms with Gasteiger partial charge in [-0.3, -0.25) is 9.78 Å². The van der Waals surface area contributed by atoms with E-state index in [-0.39, 0.29) is 5.78 Å². The Morgan fingerprint density at radius 1 is 1.05 bits per heavy atom. The second-order valence-corrected chi connectivity index (χ2v) is 5.33. The topological polar surface area (TPSA) is 30.0 Å². The summed E-state index contributed by atoms with van der Waals surface area (Å²) in [7, 11) is 0. The number of rotatable bonds is 4. The molecule has 0 saturated carbocycles. The van der Waals surface area contributed by atoms with Crippen LogP contribution in [0.3, 0.4) is 0 Å². The van der Waals surface area contributed by atoms with Gasteiger partial charge in [0.1, 0.15) is 0 Å². The Hall–Kier alpha value is -2.26. The summed E-state index contributed by atoms with van der Waals surface area (Å²) in [5, 5.41) is 4.19. The minimum absolute atomic E-state index is 0.0985. The molecule has 0 unspecified atom stereocenters. The molecule has 1 aromatic carbocycles. The lowest BCUT2D eigenvalue weighted by atomic mass is 10.0. The number of hydrogen-bond donors (Lipinski definition) is 0. The molecule has 3 heteroatoms. The fraction of sp³-hybridized carbons (Fsp3) is 0.0588. The van der Waals surface area contributed by atoms with Crippen molar-refractivity contribution < 1.29 is 4.79 Å². The van der Waals surface area contributed by atoms with Crippen molar-refractivity contribution in [1.82, 2.24) is 4.98 Å². The normalized spacial score (nSPS) is 10.4. The van der Waals surface area contributed by atoms with Gasteiger partial charge in [0.05, 0.1) is 0 Å². The van der Waals surface area contributed by atoms with E-state index in [1.165, 1.54) is 11.1 Å². The van der Waals surface area contributed by atoms with Gasteiger partial charge < -0.3 is 0 Å². The Balaban J connectivity index is 1.74. The lowest BCUT2D eigenvalue weighted by Crippen LogP contribution is -2.03. The van der Waals surface area contributed by atoms with Crippen LogP contribution in [0.5, 0.6) is 0 Å². The highest BCUT2D eigenvalue weighted by atomic mass is 32.1. The molecular formula is C17H13NOS. The van der Waals surface area contributed by atoms with Crippen LogP contribution >= 0.6 is 11.3 Å². The molecule has 0 N–H and O–H groups in total. The largest absolute Gasteiger partial charge is 0.294 e. The summed E-state index contributed by atoms with van der Waals surface area (Å²) in [6.07, 6.45) is 3.70. The van der Waals surface area contributed by atoms with E-state index in [0.717, 1.165) is 5.56 Å². The van der Waals surface area contributed by atoms with Crippen molar-refractivity contribution in [2.45, 2.75) is 6.42 Å². The lowest BCUT2D eigenvalue weighted by molar-refractivity contribution is 0.0992. The van der Waals surface area contributed by atoms with E-state index in [4.69, 9.17) is 0 Å². The number of ketones is 1. The van der Waals surface area contributed by atoms with Crippen LogP contribution in [-0.2, 0) is 6.42 Å². The zero-order chi connectivity index (χ0) is 13.8. The van der Waals surface area contributed by atoms with Gasteiger partial charge in [0, 0.05) is 24.4 Å². The van der Waals surface area contributed by atoms with Crippen LogP contribution in [0.15, 0.2) is 65.6 Å². The molecule has 2 nitrogen and oxygen atoms in total. The Bertz CT molecular complexity index is 688. The molecule has 20 heavy (non-hydrogen) atoms. The molecule has 0 bridgehead atoms. The van der Waals surface area contributed by atoms with Crippen LogP contribution in [-0.4, -0.2) is 10.8 Å². The highest BCUT2D eigenvalue weighted by Gasteiger charge is 2.07. The third-order valence-corrected chi connectivity index (χ3v) is 3.84. The fourth-order valence-corrected chi connectivity index (χ4v) is 2.72. The molecule has 98 valence electrons. The molecule has 2 aromatic heterocycles. The first-order valence-electron chi connectivity index (χ1n) is 6.38. The van der Waals surface area contributed by atoms with E-state index >= 15 is 0 Å². The van der Waals surface area contributed by atoms with Crippen LogP contribution in [0.1, 0.15) is 15.9 Å². The number of Topliss-reactive ketones (excluding diaryl/α,β-unsaturated/α-hetero) is 1. The van der Waals surface area contributed by atoms with E-state index in [1.54, 1.807) is 35.9 Å². The number of nitrogens with zero attached hydrogens (tertiary/aromatic N) is 1. The predicted molar refractivity (Wildman–Crippen MR) is 82.0 cm³/mol. The first-order chi connectivity index (χ1) is 9.83. The average molecular weight is 279 g/mol. The van der Waals surface area contributed by atoms with Gasteiger partial charge in [-0.05, 0) is 45.6 Å². The molecule has 3 rings (SSSR count). The maximum atomic E-state index is 12.1. The van der Waals surface area contributed by atoms with E-state index in [1.807, 2.05) is 12.1 Å². The molecular weight excluding hydrogens is 266 g/mol. The summed E-state index contributed by atoms with van der Waals surface area (Å²) < 4.78 is 0. The molecule has 0 aliphatic carbocycles. The van der Waals surface area contributed by atoms with Gasteiger partial charge in [-0.1, -0.05) is 24.3 Å². The van der Waals surface area contributed by atoms with Crippen molar-refractivity contribution in [2.75, 3.05) is 0 Å². The predicted octanol–water partition coefficient (Wildman–Crippen LogP) is 4.24. The summed E-state index contributed by atoms with van der Waals surface area (Å²) in [4.78, 5) is 16.1. The molecule has 0 amide bonds. The number of benzene rings is 1. The van der Waals surface area contributed by atoms with E-state index in [2.05, 4.69) is 33.9 Å². The van der Waals surface area contributed by atoms with Gasteiger partial charge in [-0.2, -0.15) is 11.3 Å². The maximum absolute atomic E-state index is 12.1. The molecule has 3 aromatic rings. The number of hydrogen-bond acceptors (Lipinski definition) is 3. The van der Waals surface area contributed by atoms with Gasteiger partial charge >= 0.3 is 0 Å². The van der Waals surface area contributed by atoms with Gasteiger partial charge in [0.15, 0.2) is 5.78 Å². The summed E-state index contributed by atoms with van der Waals surface area (Å²) >= 11 is 1.69. The molecule has 0 aliphatic rings. The van der Waals surface area contributed by atoms with Crippen LogP contribution in [0, 0.1) is 0 Å². The molecule has 0 spiro atoms. The smallest absolute Gasteiger partial charge is 0.168 e. The standard InChI is InChI=1S/C17H13NOS/c19-17(15-2-1-8-18-11-15)10-13-3-5-14(6-4-13)16-7-9-20-12-16/h1-9,11-12H,10H2. The number of carbonyl (C=O) groups is 1. The number of carbonyl (C=O) groups excluding carboxylic acids is 1. The van der Waals surface area contributed by atoms with Crippen LogP contribution in [0.2, 0.25) is 0 Å². The lowest BCUT2D eigenvalue weighted by Gasteiger charge is -2.03. The first-order valence-corrected chi connectivity index (χ1v) is 7.32. The van der Waals surface area contributed by atoms with E-state index in [9.17, 15) is 4.79 Å². The van der Waals surface area contributed by atoms with Crippen molar-refractivity contribution in [3.63, 3.8) is 0 Å². The second kappa shape index (κ2) is 5.80. The summed E-state index contributed by atoms with van der Waals surface area (Å²) in [5.74, 6) is 0.0985. The van der Waals surface area contributed by atoms with Crippen LogP contribution < -0.4 is 0 Å². The monoisotopic (exact) mass is 279 g/mol. The van der Waals surface area contributed by atoms with Crippen LogP contribution in [0.4, 0.5) is 0 Å². The maximum Gasteiger partial charge on any atom is 0.168 e. The van der Waals surface area contributed by atoms with E-state index < -0.39 is 0 Å². The number of thiophene rings is 1. The quantitative estimate of drug-likeness (QED) is 0.669. The van der Waals surface area contributed by atoms with Gasteiger partial charge in [-0.25, -0.2) is 0 Å². The third kappa shape index (κ3) is 2.83. The van der Waals surface area contributed by atoms with Gasteiger partial charge in [0.25, 0.3) is 0 Å². The molecule has 0 radical (unpaired) electrons. The minimum Gasteiger partial charge on any atom is -0.294 e. The Kier molecular flexibility index (Phi) is 3.70. The number of pyridine rings is 1. The van der Waals surface area contributed by atoms with Crippen LogP contribution in [0.25, 0.3) is 11.1 Å². The molecule has 2 heterocycles. The van der Waals surface area contributed by atoms with Crippen molar-refractivity contribution in [1.29, 1.82) is 0 Å². The Morgan fingerprint density at radius 3 is 2.55 bits per heavy atom. The summed E-state index contributed by atoms with van der Waals surface area (Å²) in [6, 6.07) is 13.8. The third-order valence-electron chi connectivity index (χ3n) is 3.16. The average Bonchev–Trinajstić information content (AvgIpc) is 3.03. The van der Waals surface area contributed by atoms with Crippen molar-refractivity contribution in [2.24, 2.45) is 0 Å². The highest BCUT2D eigenvalue weighted by molar-refractivity contribution is 7.08. The number of aromatic nitrogens is 1. The van der Waals surface area contributed by atoms with Gasteiger partial charge in [0.2, 0.25) is 0 Å². The fourth-order valence-electron chi connectivity index (χ4n) is 2.06. The van der Waals surface area contributed by atoms with Crippen molar-refractivity contribution >= 4 is 17.1 Å². The zero-order valence-electron chi connectivity index (χ0n) is 10.8. The first kappa shape index (κ1) is 12.8. The molecule has 0 saturated heterocycles. The zero-order valence-corrected chi connectivity index (χ0v) is 11.6. The Labute approximate surface area is 121 Å². The van der Waals surface area contributed by atoms with Crippen molar-refractivity contribution in [3.05, 3.63) is 76.7 Å². The molecule has 0 fully saturated rings. The molecule has 0 aliphatic heterocycles. The summed E-state index contributed by atoms with van der Waals surface area (Å²) in [5.41, 5.74) is 4.09. The summed E-state index contributed by atoms with van der Waals surface area (Å²) in [6.45, 7) is 0. The minimum atomic E-state index is 0.0985. The molecule has 0 atom stereocenters. The Morgan fingerprint density at radius 2 is 1.90 bits per heavy atom. The van der Waals surface area contributed by atoms with Gasteiger partial charge in [-0.15, -0.1) is 0 Å².